The zero-order valence-electron chi connectivity index (χ0n) is 33.8. The number of allylic oxidation sites excluding steroid dienone is 7. The molecule has 7 N–H and O–H groups in total. The third-order valence-electron chi connectivity index (χ3n) is 14.1. The molecule has 304 valence electrons. The van der Waals surface area contributed by atoms with E-state index < -0.39 is 23.3 Å². The Labute approximate surface area is 330 Å². The van der Waals surface area contributed by atoms with Gasteiger partial charge in [-0.1, -0.05) is 85.6 Å². The Morgan fingerprint density at radius 1 is 1.07 bits per heavy atom. The Hall–Kier alpha value is -2.69. The normalized spacial score (nSPS) is 34.5. The van der Waals surface area contributed by atoms with E-state index in [2.05, 4.69) is 47.6 Å². The number of fused-ring (bicyclic) bond motifs is 2. The van der Waals surface area contributed by atoms with E-state index in [1.165, 1.54) is 43.2 Å². The number of hydrogen-bond acceptors (Lipinski definition) is 8. The van der Waals surface area contributed by atoms with Crippen LogP contribution in [0.2, 0.25) is 0 Å². The van der Waals surface area contributed by atoms with Crippen molar-refractivity contribution in [2.24, 2.45) is 29.1 Å². The quantitative estimate of drug-likeness (QED) is 0.0529. The first-order valence-corrected chi connectivity index (χ1v) is 21.2. The van der Waals surface area contributed by atoms with Gasteiger partial charge in [-0.05, 0) is 150 Å². The first kappa shape index (κ1) is 43.4. The zero-order chi connectivity index (χ0) is 39.6. The SMILES string of the molecule is C=C(/C=C/C=C(/CO)[C@@H]1CC[C@]2([C@@H]1O)[C@@H](CCCO)/C(=C(/C)C=O)CC[C@]2(O)CCNC)[C@H]1C/C=C(\C)[C@@H](O)N[C@@H](C2CCCCC2)Cc2cccc(c2)C1. The van der Waals surface area contributed by atoms with E-state index in [0.29, 0.717) is 68.6 Å². The smallest absolute Gasteiger partial charge is 0.145 e. The first-order valence-electron chi connectivity index (χ1n) is 21.2. The lowest BCUT2D eigenvalue weighted by molar-refractivity contribution is -0.180. The predicted molar refractivity (Wildman–Crippen MR) is 221 cm³/mol. The molecule has 1 spiro atoms. The number of aliphatic hydroxyl groups excluding tert-OH is 4. The average Bonchev–Trinajstić information content (AvgIpc) is 3.54. The van der Waals surface area contributed by atoms with Crippen molar-refractivity contribution in [2.75, 3.05) is 26.8 Å². The lowest BCUT2D eigenvalue weighted by atomic mass is 9.51. The largest absolute Gasteiger partial charge is 0.396 e. The maximum absolute atomic E-state index is 12.5. The van der Waals surface area contributed by atoms with Gasteiger partial charge in [0.1, 0.15) is 12.5 Å². The van der Waals surface area contributed by atoms with Gasteiger partial charge in [-0.25, -0.2) is 0 Å². The Balaban J connectivity index is 1.39. The summed E-state index contributed by atoms with van der Waals surface area (Å²) in [5.74, 6) is 0.0156. The van der Waals surface area contributed by atoms with Crippen LogP contribution >= 0.6 is 0 Å². The monoisotopic (exact) mass is 759 g/mol. The molecule has 3 saturated carbocycles. The molecule has 3 aliphatic carbocycles. The van der Waals surface area contributed by atoms with E-state index in [4.69, 9.17) is 0 Å². The van der Waals surface area contributed by atoms with Gasteiger partial charge in [0.25, 0.3) is 0 Å². The molecule has 0 unspecified atom stereocenters. The Kier molecular flexibility index (Phi) is 15.9. The summed E-state index contributed by atoms with van der Waals surface area (Å²) in [7, 11) is 1.86. The van der Waals surface area contributed by atoms with Gasteiger partial charge in [0.05, 0.1) is 18.3 Å². The molecule has 1 aromatic carbocycles. The molecule has 5 rings (SSSR count). The van der Waals surface area contributed by atoms with Gasteiger partial charge >= 0.3 is 0 Å². The summed E-state index contributed by atoms with van der Waals surface area (Å²) in [6.07, 6.45) is 19.6. The van der Waals surface area contributed by atoms with Crippen molar-refractivity contribution in [3.8, 4) is 0 Å². The molecule has 8 heteroatoms. The molecule has 2 bridgehead atoms. The fourth-order valence-electron chi connectivity index (χ4n) is 10.9. The number of hydrogen-bond donors (Lipinski definition) is 7. The van der Waals surface area contributed by atoms with Gasteiger partial charge in [-0.15, -0.1) is 0 Å². The summed E-state index contributed by atoms with van der Waals surface area (Å²) in [6.45, 7) is 8.66. The minimum atomic E-state index is -1.18. The maximum Gasteiger partial charge on any atom is 0.145 e. The van der Waals surface area contributed by atoms with E-state index in [1.807, 2.05) is 39.1 Å². The van der Waals surface area contributed by atoms with Crippen molar-refractivity contribution in [2.45, 2.75) is 134 Å². The highest BCUT2D eigenvalue weighted by atomic mass is 16.3. The van der Waals surface area contributed by atoms with E-state index in [0.717, 1.165) is 42.3 Å². The molecule has 0 saturated heterocycles. The number of aliphatic hydroxyl groups is 5. The van der Waals surface area contributed by atoms with E-state index in [-0.39, 0.29) is 37.0 Å². The van der Waals surface area contributed by atoms with Crippen molar-refractivity contribution in [3.05, 3.63) is 94.1 Å². The van der Waals surface area contributed by atoms with Crippen LogP contribution in [0.5, 0.6) is 0 Å². The van der Waals surface area contributed by atoms with Crippen LogP contribution in [0.4, 0.5) is 0 Å². The van der Waals surface area contributed by atoms with Crippen molar-refractivity contribution < 1.29 is 30.3 Å². The van der Waals surface area contributed by atoms with Crippen molar-refractivity contribution >= 4 is 6.29 Å². The molecule has 1 heterocycles. The number of nitrogens with one attached hydrogen (secondary N) is 2. The van der Waals surface area contributed by atoms with Crippen LogP contribution in [-0.4, -0.2) is 82.6 Å². The molecule has 0 amide bonds. The Morgan fingerprint density at radius 2 is 1.82 bits per heavy atom. The minimum Gasteiger partial charge on any atom is -0.396 e. The second-order valence-corrected chi connectivity index (χ2v) is 17.3. The summed E-state index contributed by atoms with van der Waals surface area (Å²) >= 11 is 0. The second-order valence-electron chi connectivity index (χ2n) is 17.3. The van der Waals surface area contributed by atoms with Crippen molar-refractivity contribution in [3.63, 3.8) is 0 Å². The summed E-state index contributed by atoms with van der Waals surface area (Å²) in [5.41, 5.74) is 4.65. The molecule has 8 atom stereocenters. The van der Waals surface area contributed by atoms with Gasteiger partial charge in [0.15, 0.2) is 0 Å². The molecule has 1 aromatic rings. The van der Waals surface area contributed by atoms with Gasteiger partial charge in [0, 0.05) is 24.0 Å². The molecule has 0 aromatic heterocycles. The van der Waals surface area contributed by atoms with Gasteiger partial charge in [-0.2, -0.15) is 0 Å². The lowest BCUT2D eigenvalue weighted by Crippen LogP contribution is -2.61. The number of benzene rings is 1. The van der Waals surface area contributed by atoms with Crippen LogP contribution in [0, 0.1) is 29.1 Å². The molecule has 8 nitrogen and oxygen atoms in total. The standard InChI is InChI=1S/C47H70N2O6/c1-32(38-19-18-33(2)45(54)49-43(37-14-6-5-7-15-37)29-36-13-9-12-35(27-36)28-38)11-8-16-39(31-52)41-21-23-47(44(41)53)42(17-10-26-50)40(34(3)30-51)20-22-46(47,55)24-25-48-4/h8-9,11-13,16,18,27,30,37-38,41-45,48-50,52-55H,1,5-7,10,14-15,17,19-26,28-29,31H2,2-4H3/b11-8+,33-18+,39-16-,40-34-/t38-,41-,42-,43+,44+,45+,46-,47+/m0/s1. The Bertz CT molecular complexity index is 1570. The van der Waals surface area contributed by atoms with Crippen LogP contribution in [0.1, 0.15) is 108 Å². The summed E-state index contributed by atoms with van der Waals surface area (Å²) in [6, 6.07) is 9.10. The molecular weight excluding hydrogens is 689 g/mol. The molecule has 3 fully saturated rings. The van der Waals surface area contributed by atoms with Gasteiger partial charge < -0.3 is 30.8 Å². The lowest BCUT2D eigenvalue weighted by Gasteiger charge is -2.57. The van der Waals surface area contributed by atoms with Crippen LogP contribution in [0.3, 0.4) is 0 Å². The molecule has 4 aliphatic rings. The third-order valence-corrected chi connectivity index (χ3v) is 14.1. The summed E-state index contributed by atoms with van der Waals surface area (Å²) in [4.78, 5) is 12.1. The van der Waals surface area contributed by atoms with Crippen molar-refractivity contribution in [1.29, 1.82) is 0 Å². The van der Waals surface area contributed by atoms with Gasteiger partial charge in [-0.3, -0.25) is 10.1 Å². The van der Waals surface area contributed by atoms with Crippen molar-refractivity contribution in [1.82, 2.24) is 10.6 Å². The van der Waals surface area contributed by atoms with Crippen LogP contribution < -0.4 is 10.6 Å². The average molecular weight is 759 g/mol. The third kappa shape index (κ3) is 9.89. The minimum absolute atomic E-state index is 0.00885. The first-order chi connectivity index (χ1) is 26.5. The van der Waals surface area contributed by atoms with E-state index >= 15 is 0 Å². The maximum atomic E-state index is 12.5. The fraction of sp³-hybridized carbons (Fsp3) is 0.638. The highest BCUT2D eigenvalue weighted by molar-refractivity contribution is 5.74. The fourth-order valence-corrected chi connectivity index (χ4v) is 10.9. The topological polar surface area (TPSA) is 142 Å². The number of rotatable bonds is 13. The van der Waals surface area contributed by atoms with Crippen LogP contribution in [0.15, 0.2) is 83.0 Å². The zero-order valence-corrected chi connectivity index (χ0v) is 33.8. The summed E-state index contributed by atoms with van der Waals surface area (Å²) in [5, 5.41) is 63.6. The van der Waals surface area contributed by atoms with Crippen LogP contribution in [-0.2, 0) is 17.6 Å². The molecular formula is C47H70N2O6. The number of aldehydes is 1. The van der Waals surface area contributed by atoms with Gasteiger partial charge in [0.2, 0.25) is 0 Å². The number of carbonyl (C=O) groups excluding carboxylic acids is 1. The molecule has 0 radical (unpaired) electrons. The number of carbonyl (C=O) groups is 1. The highest BCUT2D eigenvalue weighted by Crippen LogP contribution is 2.64. The highest BCUT2D eigenvalue weighted by Gasteiger charge is 2.65. The molecule has 55 heavy (non-hydrogen) atoms. The van der Waals surface area contributed by atoms with Crippen LogP contribution in [0.25, 0.3) is 0 Å². The Morgan fingerprint density at radius 3 is 2.51 bits per heavy atom. The van der Waals surface area contributed by atoms with E-state index in [9.17, 15) is 30.3 Å². The summed E-state index contributed by atoms with van der Waals surface area (Å²) < 4.78 is 0. The second kappa shape index (κ2) is 20.1. The predicted octanol–water partition coefficient (Wildman–Crippen LogP) is 6.42. The molecule has 1 aliphatic heterocycles. The van der Waals surface area contributed by atoms with E-state index in [1.54, 1.807) is 0 Å².